The quantitative estimate of drug-likeness (QED) is 0.897. The SMILES string of the molecule is CCOc1ccc(C(C)C)cc1-c1cc(N)on1. The van der Waals surface area contributed by atoms with Crippen LogP contribution in [-0.2, 0) is 0 Å². The standard InChI is InChI=1S/C14H18N2O2/c1-4-17-13-6-5-10(9(2)3)7-11(13)12-8-14(15)18-16-12/h5-9H,4,15H2,1-3H3. The van der Waals surface area contributed by atoms with Gasteiger partial charge in [-0.05, 0) is 30.5 Å². The molecule has 0 aliphatic rings. The van der Waals surface area contributed by atoms with Crippen molar-refractivity contribution in [1.29, 1.82) is 0 Å². The molecule has 4 nitrogen and oxygen atoms in total. The van der Waals surface area contributed by atoms with Crippen LogP contribution in [0, 0.1) is 0 Å². The third kappa shape index (κ3) is 2.47. The molecule has 1 aromatic heterocycles. The van der Waals surface area contributed by atoms with Crippen LogP contribution in [0.1, 0.15) is 32.3 Å². The van der Waals surface area contributed by atoms with E-state index in [-0.39, 0.29) is 0 Å². The van der Waals surface area contributed by atoms with Gasteiger partial charge in [0.25, 0.3) is 0 Å². The number of hydrogen-bond acceptors (Lipinski definition) is 4. The van der Waals surface area contributed by atoms with Crippen molar-refractivity contribution >= 4 is 5.88 Å². The van der Waals surface area contributed by atoms with Gasteiger partial charge in [-0.1, -0.05) is 25.1 Å². The zero-order chi connectivity index (χ0) is 13.1. The molecule has 0 bridgehead atoms. The Morgan fingerprint density at radius 1 is 1.33 bits per heavy atom. The topological polar surface area (TPSA) is 61.3 Å². The van der Waals surface area contributed by atoms with Crippen molar-refractivity contribution in [3.63, 3.8) is 0 Å². The smallest absolute Gasteiger partial charge is 0.222 e. The summed E-state index contributed by atoms with van der Waals surface area (Å²) in [4.78, 5) is 0. The number of benzene rings is 1. The number of nitrogens with two attached hydrogens (primary N) is 1. The molecule has 0 fully saturated rings. The Balaban J connectivity index is 2.49. The molecule has 2 aromatic rings. The van der Waals surface area contributed by atoms with Crippen molar-refractivity contribution < 1.29 is 9.26 Å². The fourth-order valence-electron chi connectivity index (χ4n) is 1.80. The Kier molecular flexibility index (Phi) is 3.55. The molecule has 4 heteroatoms. The average molecular weight is 246 g/mol. The van der Waals surface area contributed by atoms with Crippen molar-refractivity contribution in [3.8, 4) is 17.0 Å². The molecule has 0 unspecified atom stereocenters. The van der Waals surface area contributed by atoms with Crippen molar-refractivity contribution in [2.75, 3.05) is 12.3 Å². The Hall–Kier alpha value is -1.97. The minimum atomic E-state index is 0.308. The summed E-state index contributed by atoms with van der Waals surface area (Å²) in [7, 11) is 0. The predicted molar refractivity (Wildman–Crippen MR) is 71.6 cm³/mol. The Morgan fingerprint density at radius 2 is 2.11 bits per heavy atom. The number of hydrogen-bond donors (Lipinski definition) is 1. The third-order valence-corrected chi connectivity index (χ3v) is 2.77. The number of anilines is 1. The summed E-state index contributed by atoms with van der Waals surface area (Å²) in [5.74, 6) is 1.56. The summed E-state index contributed by atoms with van der Waals surface area (Å²) < 4.78 is 10.5. The number of ether oxygens (including phenoxy) is 1. The summed E-state index contributed by atoms with van der Waals surface area (Å²) in [6.07, 6.45) is 0. The van der Waals surface area contributed by atoms with Gasteiger partial charge in [-0.3, -0.25) is 0 Å². The van der Waals surface area contributed by atoms with Gasteiger partial charge in [-0.15, -0.1) is 0 Å². The Bertz CT molecular complexity index is 532. The maximum absolute atomic E-state index is 5.61. The molecule has 0 radical (unpaired) electrons. The zero-order valence-electron chi connectivity index (χ0n) is 10.9. The second-order valence-electron chi connectivity index (χ2n) is 4.46. The maximum atomic E-state index is 5.61. The van der Waals surface area contributed by atoms with E-state index in [1.54, 1.807) is 6.07 Å². The molecule has 0 saturated carbocycles. The van der Waals surface area contributed by atoms with E-state index >= 15 is 0 Å². The molecule has 96 valence electrons. The highest BCUT2D eigenvalue weighted by atomic mass is 16.5. The molecule has 0 aliphatic heterocycles. The maximum Gasteiger partial charge on any atom is 0.222 e. The number of nitrogens with zero attached hydrogens (tertiary/aromatic N) is 1. The molecule has 0 amide bonds. The summed E-state index contributed by atoms with van der Waals surface area (Å²) in [5.41, 5.74) is 8.43. The van der Waals surface area contributed by atoms with E-state index < -0.39 is 0 Å². The third-order valence-electron chi connectivity index (χ3n) is 2.77. The molecule has 1 aromatic carbocycles. The average Bonchev–Trinajstić information content (AvgIpc) is 2.76. The fourth-order valence-corrected chi connectivity index (χ4v) is 1.80. The van der Waals surface area contributed by atoms with Crippen LogP contribution >= 0.6 is 0 Å². The van der Waals surface area contributed by atoms with Crippen LogP contribution in [-0.4, -0.2) is 11.8 Å². The van der Waals surface area contributed by atoms with Gasteiger partial charge in [-0.2, -0.15) is 0 Å². The number of rotatable bonds is 4. The normalized spacial score (nSPS) is 10.9. The van der Waals surface area contributed by atoms with Crippen LogP contribution < -0.4 is 10.5 Å². The molecule has 0 spiro atoms. The minimum absolute atomic E-state index is 0.308. The van der Waals surface area contributed by atoms with E-state index in [1.165, 1.54) is 5.56 Å². The molecule has 1 heterocycles. The van der Waals surface area contributed by atoms with Gasteiger partial charge in [0.15, 0.2) is 0 Å². The van der Waals surface area contributed by atoms with E-state index in [4.69, 9.17) is 15.0 Å². The second-order valence-corrected chi connectivity index (χ2v) is 4.46. The number of nitrogen functional groups attached to an aromatic ring is 1. The highest BCUT2D eigenvalue weighted by molar-refractivity contribution is 5.69. The highest BCUT2D eigenvalue weighted by Crippen LogP contribution is 2.33. The summed E-state index contributed by atoms with van der Waals surface area (Å²) in [6.45, 7) is 6.87. The van der Waals surface area contributed by atoms with Gasteiger partial charge in [-0.25, -0.2) is 0 Å². The molecule has 2 N–H and O–H groups in total. The molecule has 0 atom stereocenters. The zero-order valence-corrected chi connectivity index (χ0v) is 10.9. The lowest BCUT2D eigenvalue weighted by Crippen LogP contribution is -1.96. The molecular formula is C14H18N2O2. The largest absolute Gasteiger partial charge is 0.493 e. The molecule has 2 rings (SSSR count). The molecule has 0 aliphatic carbocycles. The van der Waals surface area contributed by atoms with E-state index in [1.807, 2.05) is 13.0 Å². The van der Waals surface area contributed by atoms with Crippen LogP contribution in [0.5, 0.6) is 5.75 Å². The van der Waals surface area contributed by atoms with Crippen molar-refractivity contribution in [2.45, 2.75) is 26.7 Å². The first-order valence-corrected chi connectivity index (χ1v) is 6.11. The van der Waals surface area contributed by atoms with Crippen molar-refractivity contribution in [2.24, 2.45) is 0 Å². The van der Waals surface area contributed by atoms with Crippen molar-refractivity contribution in [3.05, 3.63) is 29.8 Å². The monoisotopic (exact) mass is 246 g/mol. The van der Waals surface area contributed by atoms with Crippen LogP contribution in [0.15, 0.2) is 28.8 Å². The lowest BCUT2D eigenvalue weighted by atomic mass is 9.99. The first-order valence-electron chi connectivity index (χ1n) is 6.11. The van der Waals surface area contributed by atoms with E-state index in [0.29, 0.717) is 24.1 Å². The van der Waals surface area contributed by atoms with E-state index in [9.17, 15) is 0 Å². The van der Waals surface area contributed by atoms with Gasteiger partial charge in [0, 0.05) is 11.6 Å². The van der Waals surface area contributed by atoms with Crippen LogP contribution in [0.25, 0.3) is 11.3 Å². The Labute approximate surface area is 107 Å². The Morgan fingerprint density at radius 3 is 2.67 bits per heavy atom. The number of aromatic nitrogens is 1. The predicted octanol–water partition coefficient (Wildman–Crippen LogP) is 3.45. The van der Waals surface area contributed by atoms with Crippen molar-refractivity contribution in [1.82, 2.24) is 5.16 Å². The van der Waals surface area contributed by atoms with Gasteiger partial charge in [0.2, 0.25) is 5.88 Å². The minimum Gasteiger partial charge on any atom is -0.493 e. The van der Waals surface area contributed by atoms with E-state index in [2.05, 4.69) is 31.1 Å². The van der Waals surface area contributed by atoms with Gasteiger partial charge in [0.05, 0.1) is 6.61 Å². The molecule has 0 saturated heterocycles. The second kappa shape index (κ2) is 5.12. The summed E-state index contributed by atoms with van der Waals surface area (Å²) >= 11 is 0. The lowest BCUT2D eigenvalue weighted by molar-refractivity contribution is 0.341. The summed E-state index contributed by atoms with van der Waals surface area (Å²) in [6, 6.07) is 7.83. The van der Waals surface area contributed by atoms with Gasteiger partial charge >= 0.3 is 0 Å². The van der Waals surface area contributed by atoms with Crippen LogP contribution in [0.4, 0.5) is 5.88 Å². The van der Waals surface area contributed by atoms with E-state index in [0.717, 1.165) is 11.3 Å². The molecule has 18 heavy (non-hydrogen) atoms. The highest BCUT2D eigenvalue weighted by Gasteiger charge is 2.13. The van der Waals surface area contributed by atoms with Crippen LogP contribution in [0.3, 0.4) is 0 Å². The fraction of sp³-hybridized carbons (Fsp3) is 0.357. The lowest BCUT2D eigenvalue weighted by Gasteiger charge is -2.12. The molecular weight excluding hydrogens is 228 g/mol. The van der Waals surface area contributed by atoms with Gasteiger partial charge < -0.3 is 15.0 Å². The van der Waals surface area contributed by atoms with Gasteiger partial charge in [0.1, 0.15) is 11.4 Å². The first-order chi connectivity index (χ1) is 8.61. The summed E-state index contributed by atoms with van der Waals surface area (Å²) in [5, 5.41) is 3.95. The van der Waals surface area contributed by atoms with Crippen LogP contribution in [0.2, 0.25) is 0 Å². The first kappa shape index (κ1) is 12.5.